The number of nitrogens with zero attached hydrogens (tertiary/aromatic N) is 6. The highest BCUT2D eigenvalue weighted by molar-refractivity contribution is 5.80. The third-order valence-electron chi connectivity index (χ3n) is 4.66. The molecule has 2 aromatic rings. The predicted octanol–water partition coefficient (Wildman–Crippen LogP) is 1.61. The summed E-state index contributed by atoms with van der Waals surface area (Å²) in [7, 11) is 1.90. The van der Waals surface area contributed by atoms with Gasteiger partial charge < -0.3 is 10.2 Å². The zero-order valence-corrected chi connectivity index (χ0v) is 16.3. The quantitative estimate of drug-likeness (QED) is 0.621. The Morgan fingerprint density at radius 1 is 1.19 bits per heavy atom. The number of aliphatic imine (C=N–C) groups is 1. The number of hydrogen-bond donors (Lipinski definition) is 1. The molecule has 1 aromatic carbocycles. The van der Waals surface area contributed by atoms with Crippen molar-refractivity contribution in [3.63, 3.8) is 0 Å². The Morgan fingerprint density at radius 2 is 1.96 bits per heavy atom. The van der Waals surface area contributed by atoms with Crippen LogP contribution in [0.4, 0.5) is 0 Å². The maximum Gasteiger partial charge on any atom is 0.194 e. The maximum absolute atomic E-state index is 4.74. The van der Waals surface area contributed by atoms with Crippen LogP contribution in [0.2, 0.25) is 0 Å². The van der Waals surface area contributed by atoms with Crippen molar-refractivity contribution in [2.45, 2.75) is 13.5 Å². The number of piperazine rings is 1. The van der Waals surface area contributed by atoms with Gasteiger partial charge in [-0.05, 0) is 12.5 Å². The van der Waals surface area contributed by atoms with Crippen molar-refractivity contribution < 1.29 is 0 Å². The Labute approximate surface area is 161 Å². The normalized spacial score (nSPS) is 16.2. The lowest BCUT2D eigenvalue weighted by molar-refractivity contribution is 0.194. The van der Waals surface area contributed by atoms with Crippen molar-refractivity contribution >= 4 is 12.0 Å². The van der Waals surface area contributed by atoms with Crippen molar-refractivity contribution in [2.24, 2.45) is 12.0 Å². The zero-order valence-electron chi connectivity index (χ0n) is 16.3. The molecule has 1 aromatic heterocycles. The first kappa shape index (κ1) is 19.1. The van der Waals surface area contributed by atoms with E-state index in [4.69, 9.17) is 4.99 Å². The third kappa shape index (κ3) is 5.65. The van der Waals surface area contributed by atoms with Gasteiger partial charge in [0.1, 0.15) is 18.7 Å². The van der Waals surface area contributed by atoms with Gasteiger partial charge in [-0.1, -0.05) is 42.5 Å². The molecule has 0 radical (unpaired) electrons. The summed E-state index contributed by atoms with van der Waals surface area (Å²) in [5.74, 6) is 1.83. The minimum absolute atomic E-state index is 0.541. The van der Waals surface area contributed by atoms with E-state index in [1.807, 2.05) is 13.1 Å². The van der Waals surface area contributed by atoms with Crippen LogP contribution in [-0.2, 0) is 13.6 Å². The highest BCUT2D eigenvalue weighted by Gasteiger charge is 2.18. The van der Waals surface area contributed by atoms with Crippen LogP contribution < -0.4 is 5.32 Å². The smallest absolute Gasteiger partial charge is 0.194 e. The molecule has 27 heavy (non-hydrogen) atoms. The van der Waals surface area contributed by atoms with E-state index in [1.165, 1.54) is 5.56 Å². The topological polar surface area (TPSA) is 61.6 Å². The summed E-state index contributed by atoms with van der Waals surface area (Å²) in [6.45, 7) is 8.50. The summed E-state index contributed by atoms with van der Waals surface area (Å²) < 4.78 is 1.77. The van der Waals surface area contributed by atoms with Crippen LogP contribution in [-0.4, -0.2) is 69.8 Å². The number of hydrogen-bond acceptors (Lipinski definition) is 4. The first-order valence-electron chi connectivity index (χ1n) is 9.56. The number of aryl methyl sites for hydroxylation is 1. The highest BCUT2D eigenvalue weighted by atomic mass is 15.4. The number of benzene rings is 1. The van der Waals surface area contributed by atoms with E-state index in [9.17, 15) is 0 Å². The van der Waals surface area contributed by atoms with Crippen molar-refractivity contribution in [2.75, 3.05) is 39.3 Å². The van der Waals surface area contributed by atoms with E-state index in [-0.39, 0.29) is 0 Å². The molecule has 0 amide bonds. The molecule has 0 atom stereocenters. The Balaban J connectivity index is 1.50. The SMILES string of the molecule is CCNC(=NCc1ncnn1C)N1CCN(C/C=C/c2ccccc2)CC1. The van der Waals surface area contributed by atoms with Gasteiger partial charge in [-0.2, -0.15) is 5.10 Å². The molecule has 1 saturated heterocycles. The van der Waals surface area contributed by atoms with Crippen molar-refractivity contribution in [3.8, 4) is 0 Å². The predicted molar refractivity (Wildman–Crippen MR) is 109 cm³/mol. The van der Waals surface area contributed by atoms with E-state index in [0.29, 0.717) is 6.54 Å². The van der Waals surface area contributed by atoms with Crippen LogP contribution in [0.25, 0.3) is 6.08 Å². The number of rotatable bonds is 6. The van der Waals surface area contributed by atoms with Crippen molar-refractivity contribution in [3.05, 3.63) is 54.1 Å². The fourth-order valence-corrected chi connectivity index (χ4v) is 3.08. The molecule has 144 valence electrons. The molecule has 7 heteroatoms. The fraction of sp³-hybridized carbons (Fsp3) is 0.450. The van der Waals surface area contributed by atoms with Crippen LogP contribution in [0.1, 0.15) is 18.3 Å². The molecular formula is C20H29N7. The summed E-state index contributed by atoms with van der Waals surface area (Å²) in [6, 6.07) is 10.4. The van der Waals surface area contributed by atoms with Gasteiger partial charge in [0, 0.05) is 46.3 Å². The minimum Gasteiger partial charge on any atom is -0.357 e. The summed E-state index contributed by atoms with van der Waals surface area (Å²) in [5, 5.41) is 7.50. The van der Waals surface area contributed by atoms with Gasteiger partial charge in [0.05, 0.1) is 0 Å². The Hall–Kier alpha value is -2.67. The molecule has 2 heterocycles. The lowest BCUT2D eigenvalue weighted by Gasteiger charge is -2.36. The first-order valence-corrected chi connectivity index (χ1v) is 9.56. The number of guanidine groups is 1. The molecule has 0 unspecified atom stereocenters. The van der Waals surface area contributed by atoms with Crippen LogP contribution in [0.5, 0.6) is 0 Å². The van der Waals surface area contributed by atoms with Gasteiger partial charge in [-0.3, -0.25) is 9.58 Å². The molecule has 1 aliphatic rings. The second-order valence-corrected chi connectivity index (χ2v) is 6.57. The fourth-order valence-electron chi connectivity index (χ4n) is 3.08. The van der Waals surface area contributed by atoms with Crippen LogP contribution in [0.15, 0.2) is 47.7 Å². The molecule has 0 spiro atoms. The second kappa shape index (κ2) is 9.87. The third-order valence-corrected chi connectivity index (χ3v) is 4.66. The molecule has 1 N–H and O–H groups in total. The lowest BCUT2D eigenvalue weighted by Crippen LogP contribution is -2.52. The standard InChI is InChI=1S/C20H29N7/c1-3-21-20(22-16-19-23-17-24-25(19)2)27-14-12-26(13-15-27)11-7-10-18-8-5-4-6-9-18/h4-10,17H,3,11-16H2,1-2H3,(H,21,22)/b10-7+. The lowest BCUT2D eigenvalue weighted by atomic mass is 10.2. The van der Waals surface area contributed by atoms with E-state index in [2.05, 4.69) is 68.5 Å². The second-order valence-electron chi connectivity index (χ2n) is 6.57. The number of nitrogens with one attached hydrogen (secondary N) is 1. The minimum atomic E-state index is 0.541. The Morgan fingerprint density at radius 3 is 2.63 bits per heavy atom. The highest BCUT2D eigenvalue weighted by Crippen LogP contribution is 2.06. The van der Waals surface area contributed by atoms with Gasteiger partial charge in [-0.15, -0.1) is 0 Å². The van der Waals surface area contributed by atoms with Crippen molar-refractivity contribution in [1.29, 1.82) is 0 Å². The molecule has 0 aliphatic carbocycles. The summed E-state index contributed by atoms with van der Waals surface area (Å²) in [5.41, 5.74) is 1.25. The first-order chi connectivity index (χ1) is 13.3. The summed E-state index contributed by atoms with van der Waals surface area (Å²) >= 11 is 0. The Bertz CT molecular complexity index is 743. The van der Waals surface area contributed by atoms with Crippen LogP contribution in [0, 0.1) is 0 Å². The largest absolute Gasteiger partial charge is 0.357 e. The van der Waals surface area contributed by atoms with Crippen LogP contribution in [0.3, 0.4) is 0 Å². The summed E-state index contributed by atoms with van der Waals surface area (Å²) in [4.78, 5) is 13.8. The van der Waals surface area contributed by atoms with E-state index in [0.717, 1.165) is 51.1 Å². The van der Waals surface area contributed by atoms with E-state index >= 15 is 0 Å². The van der Waals surface area contributed by atoms with E-state index < -0.39 is 0 Å². The van der Waals surface area contributed by atoms with Crippen LogP contribution >= 0.6 is 0 Å². The average Bonchev–Trinajstić information content (AvgIpc) is 3.11. The summed E-state index contributed by atoms with van der Waals surface area (Å²) in [6.07, 6.45) is 6.01. The van der Waals surface area contributed by atoms with Gasteiger partial charge in [-0.25, -0.2) is 9.98 Å². The maximum atomic E-state index is 4.74. The number of aromatic nitrogens is 3. The molecule has 3 rings (SSSR count). The van der Waals surface area contributed by atoms with E-state index in [1.54, 1.807) is 11.0 Å². The van der Waals surface area contributed by atoms with Gasteiger partial charge in [0.15, 0.2) is 5.96 Å². The zero-order chi connectivity index (χ0) is 18.9. The van der Waals surface area contributed by atoms with Gasteiger partial charge in [0.25, 0.3) is 0 Å². The van der Waals surface area contributed by atoms with Gasteiger partial charge in [0.2, 0.25) is 0 Å². The molecule has 1 aliphatic heterocycles. The molecule has 7 nitrogen and oxygen atoms in total. The molecule has 0 bridgehead atoms. The monoisotopic (exact) mass is 367 g/mol. The molecule has 1 fully saturated rings. The molecule has 0 saturated carbocycles. The van der Waals surface area contributed by atoms with Crippen molar-refractivity contribution in [1.82, 2.24) is 29.9 Å². The van der Waals surface area contributed by atoms with Gasteiger partial charge >= 0.3 is 0 Å². The average molecular weight is 368 g/mol. The Kier molecular flexibility index (Phi) is 6.98. The molecular weight excluding hydrogens is 338 g/mol.